The predicted octanol–water partition coefficient (Wildman–Crippen LogP) is -0.213. The number of thiocarbonyl (C=S) groups is 1. The van der Waals surface area contributed by atoms with Gasteiger partial charge in [-0.2, -0.15) is 0 Å². The van der Waals surface area contributed by atoms with Gasteiger partial charge in [-0.25, -0.2) is 0 Å². The molecule has 2 unspecified atom stereocenters. The molecular weight excluding hydrogens is 252 g/mol. The van der Waals surface area contributed by atoms with Gasteiger partial charge < -0.3 is 20.8 Å². The first-order chi connectivity index (χ1) is 8.47. The van der Waals surface area contributed by atoms with Crippen LogP contribution in [0.15, 0.2) is 0 Å². The Morgan fingerprint density at radius 1 is 1.17 bits per heavy atom. The fourth-order valence-corrected chi connectivity index (χ4v) is 3.25. The zero-order valence-corrected chi connectivity index (χ0v) is 11.2. The Balaban J connectivity index is 2.16. The van der Waals surface area contributed by atoms with E-state index in [0.29, 0.717) is 12.8 Å². The van der Waals surface area contributed by atoms with E-state index in [1.165, 1.54) is 4.90 Å². The smallest absolute Gasteiger partial charge is 0.235 e. The number of β-amino-alcohol motifs (C(OH)–C–C–N with tert-alkyl or cyclic N) is 2. The Hall–Kier alpha value is -0.720. The summed E-state index contributed by atoms with van der Waals surface area (Å²) in [5.74, 6) is -0.120. The number of carbonyl (C=O) groups excluding carboxylic acids is 1. The molecule has 1 aliphatic heterocycles. The molecule has 0 aromatic heterocycles. The highest BCUT2D eigenvalue weighted by Gasteiger charge is 2.47. The van der Waals surface area contributed by atoms with Crippen molar-refractivity contribution < 1.29 is 15.0 Å². The Labute approximate surface area is 112 Å². The standard InChI is InChI=1S/C12H20N2O3S/c13-10(18)12(4-2-1-3-5-12)11(17)14-6-8(15)9(16)7-14/h8-9,15-16H,1-7H2,(H2,13,18). The first kappa shape index (κ1) is 13.7. The van der Waals surface area contributed by atoms with Gasteiger partial charge in [-0.05, 0) is 12.8 Å². The highest BCUT2D eigenvalue weighted by Crippen LogP contribution is 2.39. The SMILES string of the molecule is NC(=S)C1(C(=O)N2CC(O)C(O)C2)CCCCC1. The fraction of sp³-hybridized carbons (Fsp3) is 0.833. The quantitative estimate of drug-likeness (QED) is 0.605. The van der Waals surface area contributed by atoms with E-state index < -0.39 is 17.6 Å². The van der Waals surface area contributed by atoms with E-state index in [2.05, 4.69) is 0 Å². The molecule has 2 fully saturated rings. The van der Waals surface area contributed by atoms with Gasteiger partial charge in [0.15, 0.2) is 0 Å². The Kier molecular flexibility index (Phi) is 3.89. The van der Waals surface area contributed by atoms with Gasteiger partial charge >= 0.3 is 0 Å². The summed E-state index contributed by atoms with van der Waals surface area (Å²) in [6.45, 7) is 0.342. The highest BCUT2D eigenvalue weighted by atomic mass is 32.1. The number of carbonyl (C=O) groups is 1. The molecule has 102 valence electrons. The van der Waals surface area contributed by atoms with Gasteiger partial charge in [0.2, 0.25) is 5.91 Å². The van der Waals surface area contributed by atoms with Crippen LogP contribution in [-0.2, 0) is 4.79 Å². The van der Waals surface area contributed by atoms with Crippen molar-refractivity contribution in [1.82, 2.24) is 4.90 Å². The second kappa shape index (κ2) is 5.11. The Morgan fingerprint density at radius 2 is 1.67 bits per heavy atom. The summed E-state index contributed by atoms with van der Waals surface area (Å²) in [4.78, 5) is 14.3. The number of rotatable bonds is 2. The summed E-state index contributed by atoms with van der Waals surface area (Å²) >= 11 is 5.10. The molecule has 0 aromatic rings. The predicted molar refractivity (Wildman–Crippen MR) is 70.9 cm³/mol. The molecule has 0 aromatic carbocycles. The molecule has 5 nitrogen and oxygen atoms in total. The van der Waals surface area contributed by atoms with E-state index in [1.807, 2.05) is 0 Å². The number of likely N-dealkylation sites (tertiary alicyclic amines) is 1. The largest absolute Gasteiger partial charge is 0.392 e. The van der Waals surface area contributed by atoms with E-state index in [-0.39, 0.29) is 24.0 Å². The van der Waals surface area contributed by atoms with Crippen LogP contribution < -0.4 is 5.73 Å². The van der Waals surface area contributed by atoms with Crippen LogP contribution in [0.4, 0.5) is 0 Å². The van der Waals surface area contributed by atoms with Crippen molar-refractivity contribution in [1.29, 1.82) is 0 Å². The molecule has 0 bridgehead atoms. The summed E-state index contributed by atoms with van der Waals surface area (Å²) in [5.41, 5.74) is 5.05. The first-order valence-corrected chi connectivity index (χ1v) is 6.83. The van der Waals surface area contributed by atoms with Crippen molar-refractivity contribution in [2.75, 3.05) is 13.1 Å². The fourth-order valence-electron chi connectivity index (χ4n) is 2.96. The van der Waals surface area contributed by atoms with Crippen molar-refractivity contribution in [2.45, 2.75) is 44.3 Å². The van der Waals surface area contributed by atoms with Gasteiger partial charge in [-0.3, -0.25) is 4.79 Å². The lowest BCUT2D eigenvalue weighted by Gasteiger charge is -2.37. The summed E-state index contributed by atoms with van der Waals surface area (Å²) in [6.07, 6.45) is 2.64. The van der Waals surface area contributed by atoms with Gasteiger partial charge in [0.05, 0.1) is 22.6 Å². The molecule has 1 heterocycles. The molecular formula is C12H20N2O3S. The second-order valence-corrected chi connectivity index (χ2v) is 5.79. The lowest BCUT2D eigenvalue weighted by molar-refractivity contribution is -0.139. The van der Waals surface area contributed by atoms with E-state index >= 15 is 0 Å². The number of nitrogens with zero attached hydrogens (tertiary/aromatic N) is 1. The maximum absolute atomic E-state index is 12.6. The molecule has 0 spiro atoms. The van der Waals surface area contributed by atoms with Crippen LogP contribution in [0.2, 0.25) is 0 Å². The van der Waals surface area contributed by atoms with Crippen molar-refractivity contribution in [3.8, 4) is 0 Å². The molecule has 18 heavy (non-hydrogen) atoms. The third kappa shape index (κ3) is 2.24. The Bertz CT molecular complexity index is 345. The molecule has 1 amide bonds. The topological polar surface area (TPSA) is 86.8 Å². The number of hydrogen-bond donors (Lipinski definition) is 3. The molecule has 1 saturated heterocycles. The van der Waals surface area contributed by atoms with Crippen molar-refractivity contribution >= 4 is 23.1 Å². The van der Waals surface area contributed by atoms with Crippen LogP contribution in [0.5, 0.6) is 0 Å². The van der Waals surface area contributed by atoms with Crippen molar-refractivity contribution in [3.05, 3.63) is 0 Å². The minimum atomic E-state index is -0.860. The van der Waals surface area contributed by atoms with Crippen LogP contribution in [0.25, 0.3) is 0 Å². The minimum absolute atomic E-state index is 0.120. The van der Waals surface area contributed by atoms with Gasteiger partial charge in [-0.15, -0.1) is 0 Å². The number of aliphatic hydroxyl groups is 2. The molecule has 2 aliphatic rings. The van der Waals surface area contributed by atoms with E-state index in [4.69, 9.17) is 18.0 Å². The summed E-state index contributed by atoms with van der Waals surface area (Å²) < 4.78 is 0. The normalized spacial score (nSPS) is 31.3. The first-order valence-electron chi connectivity index (χ1n) is 6.43. The monoisotopic (exact) mass is 272 g/mol. The molecule has 2 rings (SSSR count). The van der Waals surface area contributed by atoms with Crippen LogP contribution in [-0.4, -0.2) is 51.3 Å². The van der Waals surface area contributed by atoms with Gasteiger partial charge in [0.1, 0.15) is 0 Å². The zero-order chi connectivity index (χ0) is 13.3. The Morgan fingerprint density at radius 3 is 2.11 bits per heavy atom. The van der Waals surface area contributed by atoms with Crippen molar-refractivity contribution in [3.63, 3.8) is 0 Å². The van der Waals surface area contributed by atoms with E-state index in [9.17, 15) is 15.0 Å². The van der Waals surface area contributed by atoms with E-state index in [1.54, 1.807) is 0 Å². The maximum atomic E-state index is 12.6. The third-order valence-corrected chi connectivity index (χ3v) is 4.53. The van der Waals surface area contributed by atoms with Crippen LogP contribution >= 0.6 is 12.2 Å². The number of aliphatic hydroxyl groups excluding tert-OH is 2. The minimum Gasteiger partial charge on any atom is -0.392 e. The summed E-state index contributed by atoms with van der Waals surface area (Å²) in [7, 11) is 0. The average molecular weight is 272 g/mol. The number of hydrogen-bond acceptors (Lipinski definition) is 4. The number of amides is 1. The van der Waals surface area contributed by atoms with Gasteiger partial charge in [0, 0.05) is 13.1 Å². The molecule has 4 N–H and O–H groups in total. The molecule has 1 aliphatic carbocycles. The second-order valence-electron chi connectivity index (χ2n) is 5.35. The lowest BCUT2D eigenvalue weighted by atomic mass is 9.73. The van der Waals surface area contributed by atoms with Gasteiger partial charge in [0.25, 0.3) is 0 Å². The molecule has 2 atom stereocenters. The van der Waals surface area contributed by atoms with Crippen LogP contribution in [0.3, 0.4) is 0 Å². The third-order valence-electron chi connectivity index (χ3n) is 4.13. The molecule has 6 heteroatoms. The molecule has 1 saturated carbocycles. The zero-order valence-electron chi connectivity index (χ0n) is 10.3. The molecule has 0 radical (unpaired) electrons. The lowest BCUT2D eigenvalue weighted by Crippen LogP contribution is -2.51. The summed E-state index contributed by atoms with van der Waals surface area (Å²) in [5, 5.41) is 19.1. The van der Waals surface area contributed by atoms with Crippen molar-refractivity contribution in [2.24, 2.45) is 11.1 Å². The van der Waals surface area contributed by atoms with Crippen LogP contribution in [0.1, 0.15) is 32.1 Å². The summed E-state index contributed by atoms with van der Waals surface area (Å²) in [6, 6.07) is 0. The van der Waals surface area contributed by atoms with Crippen LogP contribution in [0, 0.1) is 5.41 Å². The highest BCUT2D eigenvalue weighted by molar-refractivity contribution is 7.80. The average Bonchev–Trinajstić information content (AvgIpc) is 2.69. The van der Waals surface area contributed by atoms with E-state index in [0.717, 1.165) is 19.3 Å². The van der Waals surface area contributed by atoms with Gasteiger partial charge in [-0.1, -0.05) is 31.5 Å². The number of nitrogens with two attached hydrogens (primary N) is 1. The maximum Gasteiger partial charge on any atom is 0.235 e.